The number of hydrogen-bond acceptors (Lipinski definition) is 7. The minimum atomic E-state index is -0.0397. The smallest absolute Gasteiger partial charge is 0.234 e. The molecule has 7 nitrogen and oxygen atoms in total. The standard InChI is InChI=1S/C21H23N5O2S2/c27-19(22-15-3-5-16(6-4-15)25-9-11-28-12-10-25)14-30-21-24-23-20(18-2-1-13-29-18)26(21)17-7-8-17/h1-6,13,17H,7-12,14H2,(H,22,27). The van der Waals surface area contributed by atoms with Crippen molar-refractivity contribution in [3.05, 3.63) is 41.8 Å². The molecule has 3 aromatic rings. The van der Waals surface area contributed by atoms with Crippen molar-refractivity contribution in [2.24, 2.45) is 0 Å². The lowest BCUT2D eigenvalue weighted by Gasteiger charge is -2.28. The molecule has 2 fully saturated rings. The van der Waals surface area contributed by atoms with E-state index in [9.17, 15) is 4.79 Å². The minimum absolute atomic E-state index is 0.0397. The van der Waals surface area contributed by atoms with Crippen LogP contribution in [0, 0.1) is 0 Å². The first-order valence-corrected chi connectivity index (χ1v) is 12.0. The van der Waals surface area contributed by atoms with Crippen LogP contribution in [0.15, 0.2) is 46.9 Å². The SMILES string of the molecule is O=C(CSc1nnc(-c2cccs2)n1C1CC1)Nc1ccc(N2CCOCC2)cc1. The highest BCUT2D eigenvalue weighted by Crippen LogP contribution is 2.41. The molecule has 0 bridgehead atoms. The van der Waals surface area contributed by atoms with Gasteiger partial charge in [0.2, 0.25) is 5.91 Å². The van der Waals surface area contributed by atoms with Crippen LogP contribution in [0.5, 0.6) is 0 Å². The number of carbonyl (C=O) groups is 1. The summed E-state index contributed by atoms with van der Waals surface area (Å²) < 4.78 is 7.59. The lowest BCUT2D eigenvalue weighted by atomic mass is 10.2. The summed E-state index contributed by atoms with van der Waals surface area (Å²) in [7, 11) is 0. The van der Waals surface area contributed by atoms with Crippen molar-refractivity contribution in [3.63, 3.8) is 0 Å². The van der Waals surface area contributed by atoms with E-state index in [1.165, 1.54) is 11.8 Å². The Balaban J connectivity index is 1.20. The first kappa shape index (κ1) is 19.6. The molecule has 1 saturated carbocycles. The van der Waals surface area contributed by atoms with Crippen molar-refractivity contribution < 1.29 is 9.53 Å². The van der Waals surface area contributed by atoms with Gasteiger partial charge < -0.3 is 15.0 Å². The van der Waals surface area contributed by atoms with E-state index >= 15 is 0 Å². The normalized spacial score (nSPS) is 16.6. The van der Waals surface area contributed by atoms with Gasteiger partial charge in [0.25, 0.3) is 0 Å². The Bertz CT molecular complexity index is 993. The van der Waals surface area contributed by atoms with Gasteiger partial charge in [0.15, 0.2) is 11.0 Å². The number of hydrogen-bond donors (Lipinski definition) is 1. The van der Waals surface area contributed by atoms with Crippen LogP contribution in [0.4, 0.5) is 11.4 Å². The summed E-state index contributed by atoms with van der Waals surface area (Å²) in [5, 5.41) is 14.6. The van der Waals surface area contributed by atoms with E-state index in [1.807, 2.05) is 35.7 Å². The van der Waals surface area contributed by atoms with Gasteiger partial charge in [0.05, 0.1) is 23.8 Å². The molecule has 1 N–H and O–H groups in total. The molecule has 1 saturated heterocycles. The quantitative estimate of drug-likeness (QED) is 0.561. The number of morpholine rings is 1. The van der Waals surface area contributed by atoms with E-state index < -0.39 is 0 Å². The Morgan fingerprint density at radius 3 is 2.67 bits per heavy atom. The van der Waals surface area contributed by atoms with Crippen LogP contribution in [0.3, 0.4) is 0 Å². The van der Waals surface area contributed by atoms with Crippen molar-refractivity contribution >= 4 is 40.4 Å². The van der Waals surface area contributed by atoms with Gasteiger partial charge in [-0.2, -0.15) is 0 Å². The number of rotatable bonds is 7. The van der Waals surface area contributed by atoms with Gasteiger partial charge in [0.1, 0.15) is 0 Å². The first-order valence-electron chi connectivity index (χ1n) is 10.1. The molecule has 1 aliphatic carbocycles. The fourth-order valence-corrected chi connectivity index (χ4v) is 5.03. The van der Waals surface area contributed by atoms with Gasteiger partial charge in [-0.15, -0.1) is 21.5 Å². The van der Waals surface area contributed by atoms with Crippen LogP contribution < -0.4 is 10.2 Å². The third-order valence-corrected chi connectivity index (χ3v) is 6.99. The molecule has 156 valence electrons. The van der Waals surface area contributed by atoms with Gasteiger partial charge in [0, 0.05) is 30.5 Å². The maximum absolute atomic E-state index is 12.5. The summed E-state index contributed by atoms with van der Waals surface area (Å²) in [6.45, 7) is 3.32. The van der Waals surface area contributed by atoms with Crippen molar-refractivity contribution in [2.75, 3.05) is 42.3 Å². The lowest BCUT2D eigenvalue weighted by Crippen LogP contribution is -2.36. The van der Waals surface area contributed by atoms with Crippen molar-refractivity contribution in [1.29, 1.82) is 0 Å². The average molecular weight is 442 g/mol. The largest absolute Gasteiger partial charge is 0.378 e. The number of anilines is 2. The zero-order valence-corrected chi connectivity index (χ0v) is 18.1. The van der Waals surface area contributed by atoms with Crippen molar-refractivity contribution in [1.82, 2.24) is 14.8 Å². The number of thioether (sulfide) groups is 1. The van der Waals surface area contributed by atoms with Gasteiger partial charge >= 0.3 is 0 Å². The molecule has 1 aromatic carbocycles. The molecular formula is C21H23N5O2S2. The second-order valence-corrected chi connectivity index (χ2v) is 9.26. The van der Waals surface area contributed by atoms with E-state index in [0.717, 1.165) is 66.4 Å². The summed E-state index contributed by atoms with van der Waals surface area (Å²) in [5.74, 6) is 1.18. The molecule has 0 atom stereocenters. The van der Waals surface area contributed by atoms with Crippen LogP contribution in [0.1, 0.15) is 18.9 Å². The van der Waals surface area contributed by atoms with E-state index in [1.54, 1.807) is 11.3 Å². The van der Waals surface area contributed by atoms with Crippen LogP contribution in [-0.4, -0.2) is 52.7 Å². The maximum atomic E-state index is 12.5. The lowest BCUT2D eigenvalue weighted by molar-refractivity contribution is -0.113. The summed E-state index contributed by atoms with van der Waals surface area (Å²) in [6.07, 6.45) is 2.29. The Morgan fingerprint density at radius 1 is 1.17 bits per heavy atom. The summed E-state index contributed by atoms with van der Waals surface area (Å²) >= 11 is 3.11. The second-order valence-electron chi connectivity index (χ2n) is 7.37. The van der Waals surface area contributed by atoms with E-state index in [0.29, 0.717) is 11.8 Å². The number of aromatic nitrogens is 3. The average Bonchev–Trinajstić information content (AvgIpc) is 3.30. The zero-order chi connectivity index (χ0) is 20.3. The molecule has 3 heterocycles. The first-order chi connectivity index (χ1) is 14.8. The Hall–Kier alpha value is -2.36. The van der Waals surface area contributed by atoms with E-state index in [2.05, 4.69) is 31.0 Å². The number of nitrogens with zero attached hydrogens (tertiary/aromatic N) is 4. The number of nitrogens with one attached hydrogen (secondary N) is 1. The van der Waals surface area contributed by atoms with E-state index in [4.69, 9.17) is 4.74 Å². The molecule has 0 spiro atoms. The second kappa shape index (κ2) is 8.79. The highest BCUT2D eigenvalue weighted by atomic mass is 32.2. The molecule has 0 radical (unpaired) electrons. The Labute approximate surface area is 183 Å². The van der Waals surface area contributed by atoms with E-state index in [-0.39, 0.29) is 5.91 Å². The minimum Gasteiger partial charge on any atom is -0.378 e. The molecule has 30 heavy (non-hydrogen) atoms. The van der Waals surface area contributed by atoms with Gasteiger partial charge in [-0.05, 0) is 48.6 Å². The van der Waals surface area contributed by atoms with Crippen LogP contribution in [0.2, 0.25) is 0 Å². The van der Waals surface area contributed by atoms with Crippen LogP contribution in [-0.2, 0) is 9.53 Å². The topological polar surface area (TPSA) is 72.3 Å². The highest BCUT2D eigenvalue weighted by Gasteiger charge is 2.30. The van der Waals surface area contributed by atoms with Crippen LogP contribution in [0.25, 0.3) is 10.7 Å². The van der Waals surface area contributed by atoms with Crippen molar-refractivity contribution in [2.45, 2.75) is 24.0 Å². The molecule has 9 heteroatoms. The third-order valence-electron chi connectivity index (χ3n) is 5.18. The summed E-state index contributed by atoms with van der Waals surface area (Å²) in [5.41, 5.74) is 1.96. The fraction of sp³-hybridized carbons (Fsp3) is 0.381. The fourth-order valence-electron chi connectivity index (χ4n) is 3.52. The molecule has 0 unspecified atom stereocenters. The Morgan fingerprint density at radius 2 is 1.97 bits per heavy atom. The van der Waals surface area contributed by atoms with Crippen molar-refractivity contribution in [3.8, 4) is 10.7 Å². The molecule has 1 amide bonds. The monoisotopic (exact) mass is 441 g/mol. The van der Waals surface area contributed by atoms with Crippen LogP contribution >= 0.6 is 23.1 Å². The number of carbonyl (C=O) groups excluding carboxylic acids is 1. The summed E-state index contributed by atoms with van der Waals surface area (Å²) in [6, 6.07) is 12.5. The molecule has 2 aliphatic rings. The van der Waals surface area contributed by atoms with Gasteiger partial charge in [-0.3, -0.25) is 9.36 Å². The van der Waals surface area contributed by atoms with Gasteiger partial charge in [-0.1, -0.05) is 17.8 Å². The third kappa shape index (κ3) is 4.38. The number of amides is 1. The number of benzene rings is 1. The molecule has 2 aromatic heterocycles. The molecular weight excluding hydrogens is 418 g/mol. The maximum Gasteiger partial charge on any atom is 0.234 e. The number of ether oxygens (including phenoxy) is 1. The predicted octanol–water partition coefficient (Wildman–Crippen LogP) is 3.91. The number of thiophene rings is 1. The highest BCUT2D eigenvalue weighted by molar-refractivity contribution is 7.99. The van der Waals surface area contributed by atoms with Gasteiger partial charge in [-0.25, -0.2) is 0 Å². The molecule has 1 aliphatic heterocycles. The zero-order valence-electron chi connectivity index (χ0n) is 16.5. The Kier molecular flexibility index (Phi) is 5.74. The molecule has 5 rings (SSSR count). The summed E-state index contributed by atoms with van der Waals surface area (Å²) in [4.78, 5) is 15.9. The predicted molar refractivity (Wildman–Crippen MR) is 120 cm³/mol.